The summed E-state index contributed by atoms with van der Waals surface area (Å²) in [6.45, 7) is 3.36. The number of amides is 4. The highest BCUT2D eigenvalue weighted by atomic mass is 16.6. The summed E-state index contributed by atoms with van der Waals surface area (Å²) in [4.78, 5) is 50.5. The quantitative estimate of drug-likeness (QED) is 0.776. The fraction of sp³-hybridized carbons (Fsp3) is 0.412. The van der Waals surface area contributed by atoms with Crippen LogP contribution in [0.4, 0.5) is 10.5 Å². The number of urea groups is 1. The second-order valence-electron chi connectivity index (χ2n) is 6.00. The minimum atomic E-state index is -1.14. The van der Waals surface area contributed by atoms with E-state index in [0.717, 1.165) is 4.90 Å². The minimum absolute atomic E-state index is 0.0176. The molecule has 0 spiro atoms. The second-order valence-corrected chi connectivity index (χ2v) is 6.00. The number of carbonyl (C=O) groups excluding carboxylic acids is 4. The molecule has 1 saturated heterocycles. The van der Waals surface area contributed by atoms with E-state index >= 15 is 0 Å². The van der Waals surface area contributed by atoms with Crippen molar-refractivity contribution in [2.24, 2.45) is 0 Å². The summed E-state index contributed by atoms with van der Waals surface area (Å²) < 4.78 is 10.8. The number of fused-ring (bicyclic) bond motifs is 1. The number of imide groups is 1. The van der Waals surface area contributed by atoms with Crippen LogP contribution in [0.1, 0.15) is 13.8 Å². The van der Waals surface area contributed by atoms with E-state index in [-0.39, 0.29) is 19.0 Å². The maximum Gasteiger partial charge on any atom is 0.350 e. The lowest BCUT2D eigenvalue weighted by molar-refractivity contribution is -0.163. The van der Waals surface area contributed by atoms with Crippen LogP contribution in [0.3, 0.4) is 0 Å². The van der Waals surface area contributed by atoms with Crippen LogP contribution in [-0.4, -0.2) is 60.6 Å². The van der Waals surface area contributed by atoms with Crippen molar-refractivity contribution in [3.8, 4) is 5.75 Å². The number of rotatable bonds is 3. The van der Waals surface area contributed by atoms with Crippen LogP contribution in [0.2, 0.25) is 0 Å². The van der Waals surface area contributed by atoms with E-state index in [0.29, 0.717) is 18.0 Å². The molecule has 4 amide bonds. The van der Waals surface area contributed by atoms with Crippen molar-refractivity contribution in [3.63, 3.8) is 0 Å². The lowest BCUT2D eigenvalue weighted by atomic mass is 10.2. The molecule has 2 aliphatic heterocycles. The Kier molecular flexibility index (Phi) is 4.79. The maximum absolute atomic E-state index is 12.4. The van der Waals surface area contributed by atoms with Gasteiger partial charge in [-0.2, -0.15) is 0 Å². The van der Waals surface area contributed by atoms with Gasteiger partial charge in [-0.3, -0.25) is 14.5 Å². The smallest absolute Gasteiger partial charge is 0.350 e. The van der Waals surface area contributed by atoms with Crippen LogP contribution in [-0.2, 0) is 19.1 Å². The number of hydrogen-bond donors (Lipinski definition) is 1. The Labute approximate surface area is 149 Å². The van der Waals surface area contributed by atoms with Crippen LogP contribution >= 0.6 is 0 Å². The molecule has 2 aliphatic rings. The molecule has 9 nitrogen and oxygen atoms in total. The molecule has 0 saturated carbocycles. The van der Waals surface area contributed by atoms with Gasteiger partial charge in [0.15, 0.2) is 6.10 Å². The molecule has 1 N–H and O–H groups in total. The van der Waals surface area contributed by atoms with Crippen molar-refractivity contribution >= 4 is 29.5 Å². The van der Waals surface area contributed by atoms with E-state index in [1.54, 1.807) is 24.3 Å². The van der Waals surface area contributed by atoms with Crippen molar-refractivity contribution in [2.75, 3.05) is 24.5 Å². The van der Waals surface area contributed by atoms with E-state index < -0.39 is 30.1 Å². The number of benzene rings is 1. The zero-order valence-electron chi connectivity index (χ0n) is 14.4. The topological polar surface area (TPSA) is 105 Å². The number of esters is 1. The van der Waals surface area contributed by atoms with Gasteiger partial charge in [0.25, 0.3) is 5.91 Å². The monoisotopic (exact) mass is 361 g/mol. The highest BCUT2D eigenvalue weighted by Gasteiger charge is 2.37. The first-order valence-electron chi connectivity index (χ1n) is 8.22. The summed E-state index contributed by atoms with van der Waals surface area (Å²) in [7, 11) is 0. The summed E-state index contributed by atoms with van der Waals surface area (Å²) in [5.74, 6) is -1.23. The van der Waals surface area contributed by atoms with Gasteiger partial charge in [0.05, 0.1) is 12.2 Å². The number of anilines is 1. The van der Waals surface area contributed by atoms with Crippen molar-refractivity contribution in [1.82, 2.24) is 10.2 Å². The first kappa shape index (κ1) is 17.7. The van der Waals surface area contributed by atoms with Gasteiger partial charge in [-0.1, -0.05) is 12.1 Å². The molecule has 2 unspecified atom stereocenters. The second kappa shape index (κ2) is 7.03. The molecule has 26 heavy (non-hydrogen) atoms. The van der Waals surface area contributed by atoms with Crippen molar-refractivity contribution < 1.29 is 28.7 Å². The van der Waals surface area contributed by atoms with E-state index in [1.807, 2.05) is 0 Å². The van der Waals surface area contributed by atoms with Crippen molar-refractivity contribution in [2.45, 2.75) is 26.1 Å². The SMILES string of the molecule is CC(=O)N1CC(C(=O)OC(C)C(=O)N2CCNC2=O)Oc2ccccc21. The number of ether oxygens (including phenoxy) is 2. The van der Waals surface area contributed by atoms with Gasteiger partial charge in [-0.05, 0) is 19.1 Å². The van der Waals surface area contributed by atoms with E-state index in [2.05, 4.69) is 5.32 Å². The van der Waals surface area contributed by atoms with E-state index in [4.69, 9.17) is 9.47 Å². The third-order valence-corrected chi connectivity index (χ3v) is 4.18. The molecular formula is C17H19N3O6. The molecule has 9 heteroatoms. The first-order valence-corrected chi connectivity index (χ1v) is 8.22. The van der Waals surface area contributed by atoms with Crippen molar-refractivity contribution in [1.29, 1.82) is 0 Å². The van der Waals surface area contributed by atoms with Crippen molar-refractivity contribution in [3.05, 3.63) is 24.3 Å². The fourth-order valence-corrected chi connectivity index (χ4v) is 2.86. The molecule has 0 aromatic heterocycles. The third kappa shape index (κ3) is 3.32. The molecule has 0 radical (unpaired) electrons. The van der Waals surface area contributed by atoms with Gasteiger partial charge in [0.1, 0.15) is 5.75 Å². The average molecular weight is 361 g/mol. The standard InChI is InChI=1S/C17H19N3O6/c1-10(15(22)19-8-7-18-17(19)24)25-16(23)14-9-20(11(2)21)12-5-3-4-6-13(12)26-14/h3-6,10,14H,7-9H2,1-2H3,(H,18,24). The molecule has 1 aromatic rings. The number of carbonyl (C=O) groups is 4. The largest absolute Gasteiger partial charge is 0.475 e. The molecular weight excluding hydrogens is 342 g/mol. The Morgan fingerprint density at radius 3 is 2.65 bits per heavy atom. The number of nitrogens with one attached hydrogen (secondary N) is 1. The lowest BCUT2D eigenvalue weighted by Crippen LogP contribution is -2.49. The number of nitrogens with zero attached hydrogens (tertiary/aromatic N) is 2. The molecule has 0 aliphatic carbocycles. The zero-order valence-corrected chi connectivity index (χ0v) is 14.4. The van der Waals surface area contributed by atoms with Gasteiger partial charge in [-0.25, -0.2) is 9.59 Å². The predicted molar refractivity (Wildman–Crippen MR) is 89.6 cm³/mol. The molecule has 0 bridgehead atoms. The number of hydrogen-bond acceptors (Lipinski definition) is 6. The summed E-state index contributed by atoms with van der Waals surface area (Å²) in [6.07, 6.45) is -2.20. The Morgan fingerprint density at radius 2 is 2.00 bits per heavy atom. The van der Waals surface area contributed by atoms with Crippen LogP contribution in [0.25, 0.3) is 0 Å². The first-order chi connectivity index (χ1) is 12.4. The fourth-order valence-electron chi connectivity index (χ4n) is 2.86. The van der Waals surface area contributed by atoms with Gasteiger partial charge in [0.2, 0.25) is 12.0 Å². The highest BCUT2D eigenvalue weighted by Crippen LogP contribution is 2.33. The summed E-state index contributed by atoms with van der Waals surface area (Å²) >= 11 is 0. The van der Waals surface area contributed by atoms with Crippen LogP contribution < -0.4 is 15.0 Å². The van der Waals surface area contributed by atoms with Gasteiger partial charge < -0.3 is 19.7 Å². The van der Waals surface area contributed by atoms with Crippen LogP contribution in [0, 0.1) is 0 Å². The Hall–Kier alpha value is -3.10. The predicted octanol–water partition coefficient (Wildman–Crippen LogP) is 0.284. The van der Waals surface area contributed by atoms with Gasteiger partial charge in [0, 0.05) is 20.0 Å². The molecule has 138 valence electrons. The summed E-state index contributed by atoms with van der Waals surface area (Å²) in [6, 6.07) is 6.34. The number of para-hydroxylation sites is 2. The Morgan fingerprint density at radius 1 is 1.27 bits per heavy atom. The summed E-state index contributed by atoms with van der Waals surface area (Å²) in [5.41, 5.74) is 0.571. The van der Waals surface area contributed by atoms with E-state index in [1.165, 1.54) is 18.7 Å². The molecule has 1 aromatic carbocycles. The van der Waals surface area contributed by atoms with Crippen LogP contribution in [0.5, 0.6) is 5.75 Å². The molecule has 2 heterocycles. The van der Waals surface area contributed by atoms with Gasteiger partial charge >= 0.3 is 12.0 Å². The minimum Gasteiger partial charge on any atom is -0.475 e. The zero-order chi connectivity index (χ0) is 18.8. The molecule has 2 atom stereocenters. The lowest BCUT2D eigenvalue weighted by Gasteiger charge is -2.33. The van der Waals surface area contributed by atoms with E-state index in [9.17, 15) is 19.2 Å². The summed E-state index contributed by atoms with van der Waals surface area (Å²) in [5, 5.41) is 2.51. The Bertz CT molecular complexity index is 765. The molecule has 3 rings (SSSR count). The molecule has 1 fully saturated rings. The third-order valence-electron chi connectivity index (χ3n) is 4.18. The Balaban J connectivity index is 1.69. The maximum atomic E-state index is 12.4. The van der Waals surface area contributed by atoms with Crippen LogP contribution in [0.15, 0.2) is 24.3 Å². The van der Waals surface area contributed by atoms with Gasteiger partial charge in [-0.15, -0.1) is 0 Å². The normalized spacial score (nSPS) is 19.9. The average Bonchev–Trinajstić information content (AvgIpc) is 3.05. The highest BCUT2D eigenvalue weighted by molar-refractivity contribution is 5.99.